The highest BCUT2D eigenvalue weighted by Crippen LogP contribution is 2.35. The summed E-state index contributed by atoms with van der Waals surface area (Å²) >= 11 is 0. The number of carbonyl (C=O) groups excluding carboxylic acids is 2. The van der Waals surface area contributed by atoms with Crippen molar-refractivity contribution < 1.29 is 19.4 Å². The van der Waals surface area contributed by atoms with Crippen LogP contribution >= 0.6 is 0 Å². The lowest BCUT2D eigenvalue weighted by Gasteiger charge is -2.47. The van der Waals surface area contributed by atoms with Crippen LogP contribution in [0.1, 0.15) is 63.7 Å². The van der Waals surface area contributed by atoms with Crippen LogP contribution in [-0.4, -0.2) is 102 Å². The first-order chi connectivity index (χ1) is 21.8. The predicted octanol–water partition coefficient (Wildman–Crippen LogP) is 5.20. The molecule has 0 saturated carbocycles. The van der Waals surface area contributed by atoms with Gasteiger partial charge in [0.05, 0.1) is 18.7 Å². The fourth-order valence-electron chi connectivity index (χ4n) is 6.84. The molecule has 45 heavy (non-hydrogen) atoms. The van der Waals surface area contributed by atoms with Gasteiger partial charge in [-0.05, 0) is 67.3 Å². The third-order valence-corrected chi connectivity index (χ3v) is 9.19. The van der Waals surface area contributed by atoms with Gasteiger partial charge < -0.3 is 14.7 Å². The van der Waals surface area contributed by atoms with E-state index >= 15 is 0 Å². The van der Waals surface area contributed by atoms with Crippen LogP contribution in [-0.2, 0) is 11.3 Å². The van der Waals surface area contributed by atoms with Crippen LogP contribution in [0.2, 0.25) is 0 Å². The second-order valence-electron chi connectivity index (χ2n) is 12.3. The second-order valence-corrected chi connectivity index (χ2v) is 12.3. The number of methoxy groups -OCH3 is 1. The third-order valence-electron chi connectivity index (χ3n) is 9.19. The molecule has 1 amide bonds. The first-order valence-corrected chi connectivity index (χ1v) is 16.0. The molecule has 238 valence electrons. The smallest absolute Gasteiger partial charge is 0.338 e. The van der Waals surface area contributed by atoms with E-state index in [4.69, 9.17) is 4.74 Å². The van der Waals surface area contributed by atoms with Crippen molar-refractivity contribution >= 4 is 11.9 Å². The van der Waals surface area contributed by atoms with Crippen molar-refractivity contribution in [3.05, 3.63) is 113 Å². The number of esters is 1. The van der Waals surface area contributed by atoms with Gasteiger partial charge in [-0.3, -0.25) is 19.5 Å². The molecular formula is C37H46N4O4. The Labute approximate surface area is 267 Å². The molecule has 1 N–H and O–H groups in total. The van der Waals surface area contributed by atoms with E-state index in [0.29, 0.717) is 36.8 Å². The summed E-state index contributed by atoms with van der Waals surface area (Å²) in [6, 6.07) is 23.6. The van der Waals surface area contributed by atoms with Crippen LogP contribution < -0.4 is 0 Å². The van der Waals surface area contributed by atoms with E-state index < -0.39 is 0 Å². The van der Waals surface area contributed by atoms with E-state index in [1.54, 1.807) is 12.1 Å². The fraction of sp³-hybridized carbons (Fsp3) is 0.405. The first-order valence-electron chi connectivity index (χ1n) is 16.0. The number of carbonyl (C=O) groups is 2. The molecule has 2 saturated heterocycles. The molecular weight excluding hydrogens is 564 g/mol. The summed E-state index contributed by atoms with van der Waals surface area (Å²) in [6.45, 7) is 14.5. The number of piperazine rings is 1. The average Bonchev–Trinajstić information content (AvgIpc) is 3.29. The summed E-state index contributed by atoms with van der Waals surface area (Å²) in [7, 11) is 1.40. The van der Waals surface area contributed by atoms with E-state index in [-0.39, 0.29) is 29.7 Å². The van der Waals surface area contributed by atoms with Crippen molar-refractivity contribution in [3.8, 4) is 5.75 Å². The molecule has 0 spiro atoms. The van der Waals surface area contributed by atoms with Gasteiger partial charge >= 0.3 is 5.97 Å². The molecule has 2 aliphatic heterocycles. The molecule has 0 bridgehead atoms. The second kappa shape index (κ2) is 14.9. The van der Waals surface area contributed by atoms with Gasteiger partial charge in [-0.2, -0.15) is 0 Å². The summed E-state index contributed by atoms with van der Waals surface area (Å²) in [5.74, 6) is -0.0665. The molecule has 5 rings (SSSR count). The normalized spacial score (nSPS) is 20.7. The summed E-state index contributed by atoms with van der Waals surface area (Å²) in [6.07, 6.45) is 2.81. The zero-order chi connectivity index (χ0) is 31.9. The van der Waals surface area contributed by atoms with Crippen molar-refractivity contribution in [1.82, 2.24) is 19.6 Å². The molecule has 0 aliphatic carbocycles. The largest absolute Gasteiger partial charge is 0.508 e. The van der Waals surface area contributed by atoms with Gasteiger partial charge in [0.2, 0.25) is 0 Å². The summed E-state index contributed by atoms with van der Waals surface area (Å²) in [4.78, 5) is 35.4. The van der Waals surface area contributed by atoms with Gasteiger partial charge in [0, 0.05) is 70.0 Å². The molecule has 3 aromatic rings. The zero-order valence-corrected chi connectivity index (χ0v) is 26.8. The van der Waals surface area contributed by atoms with E-state index in [9.17, 15) is 14.7 Å². The molecule has 0 radical (unpaired) electrons. The Bertz CT molecular complexity index is 1490. The van der Waals surface area contributed by atoms with Crippen molar-refractivity contribution in [2.75, 3.05) is 52.9 Å². The number of hydrogen-bond donors (Lipinski definition) is 1. The number of nitrogens with zero attached hydrogens (tertiary/aromatic N) is 4. The third kappa shape index (κ3) is 7.64. The van der Waals surface area contributed by atoms with Crippen molar-refractivity contribution in [1.29, 1.82) is 0 Å². The van der Waals surface area contributed by atoms with E-state index in [1.165, 1.54) is 7.11 Å². The minimum Gasteiger partial charge on any atom is -0.508 e. The molecule has 1 unspecified atom stereocenters. The number of benzene rings is 3. The zero-order valence-electron chi connectivity index (χ0n) is 26.8. The minimum atomic E-state index is -0.330. The Morgan fingerprint density at radius 2 is 1.69 bits per heavy atom. The summed E-state index contributed by atoms with van der Waals surface area (Å²) in [5.41, 5.74) is 4.24. The monoisotopic (exact) mass is 610 g/mol. The number of amides is 1. The highest BCUT2D eigenvalue weighted by atomic mass is 16.5. The molecule has 2 aliphatic rings. The molecule has 2 fully saturated rings. The molecule has 8 heteroatoms. The van der Waals surface area contributed by atoms with Crippen LogP contribution in [0.4, 0.5) is 0 Å². The van der Waals surface area contributed by atoms with Gasteiger partial charge in [-0.15, -0.1) is 6.58 Å². The Kier molecular flexibility index (Phi) is 10.7. The van der Waals surface area contributed by atoms with Crippen LogP contribution in [0.5, 0.6) is 5.75 Å². The van der Waals surface area contributed by atoms with E-state index in [0.717, 1.165) is 55.8 Å². The lowest BCUT2D eigenvalue weighted by atomic mass is 9.92. The molecule has 8 nitrogen and oxygen atoms in total. The molecule has 2 heterocycles. The predicted molar refractivity (Wildman–Crippen MR) is 177 cm³/mol. The number of ether oxygens (including phenoxy) is 1. The summed E-state index contributed by atoms with van der Waals surface area (Å²) in [5, 5.41) is 10.4. The molecule has 3 aromatic carbocycles. The lowest BCUT2D eigenvalue weighted by Crippen LogP contribution is -2.57. The highest BCUT2D eigenvalue weighted by Gasteiger charge is 2.35. The van der Waals surface area contributed by atoms with Gasteiger partial charge in [-0.1, -0.05) is 48.5 Å². The maximum atomic E-state index is 13.9. The number of aromatic hydroxyl groups is 1. The number of rotatable bonds is 9. The molecule has 0 aromatic heterocycles. The topological polar surface area (TPSA) is 76.6 Å². The Morgan fingerprint density at radius 1 is 0.933 bits per heavy atom. The van der Waals surface area contributed by atoms with Gasteiger partial charge in [0.25, 0.3) is 5.91 Å². The van der Waals surface area contributed by atoms with Crippen LogP contribution in [0.3, 0.4) is 0 Å². The van der Waals surface area contributed by atoms with Gasteiger partial charge in [0.15, 0.2) is 0 Å². The Hall–Kier alpha value is -3.98. The van der Waals surface area contributed by atoms with Crippen molar-refractivity contribution in [3.63, 3.8) is 0 Å². The van der Waals surface area contributed by atoms with Crippen molar-refractivity contribution in [2.24, 2.45) is 0 Å². The number of hydrogen-bond acceptors (Lipinski definition) is 7. The van der Waals surface area contributed by atoms with E-state index in [1.807, 2.05) is 59.5 Å². The maximum Gasteiger partial charge on any atom is 0.338 e. The number of phenols is 1. The Morgan fingerprint density at radius 3 is 2.44 bits per heavy atom. The maximum absolute atomic E-state index is 13.9. The standard InChI is InChI=1S/C37H46N4O4/c1-5-17-40-24-28(3)41(25-27(40)2)35(30-13-9-15-33(42)23-30)29-12-8-14-31(22-29)36(43)39-19-10-18-38(20-21-39)26-32-11-6-7-16-34(32)37(44)45-4/h5-9,11-16,22-23,27-28,35,42H,1,10,17-21,24-26H2,2-4H3/t27-,28+,35?/m1/s1. The van der Waals surface area contributed by atoms with E-state index in [2.05, 4.69) is 47.3 Å². The summed E-state index contributed by atoms with van der Waals surface area (Å²) < 4.78 is 4.98. The van der Waals surface area contributed by atoms with Crippen LogP contribution in [0.15, 0.2) is 85.5 Å². The van der Waals surface area contributed by atoms with Gasteiger partial charge in [-0.25, -0.2) is 4.79 Å². The Balaban J connectivity index is 1.35. The van der Waals surface area contributed by atoms with Crippen LogP contribution in [0.25, 0.3) is 0 Å². The highest BCUT2D eigenvalue weighted by molar-refractivity contribution is 5.94. The lowest BCUT2D eigenvalue weighted by molar-refractivity contribution is 0.0306. The fourth-order valence-corrected chi connectivity index (χ4v) is 6.84. The molecule has 3 atom stereocenters. The average molecular weight is 611 g/mol. The number of phenolic OH excluding ortho intramolecular Hbond substituents is 1. The first kappa shape index (κ1) is 32.4. The van der Waals surface area contributed by atoms with Crippen molar-refractivity contribution in [2.45, 2.75) is 44.9 Å². The minimum absolute atomic E-state index is 0.0283. The van der Waals surface area contributed by atoms with Gasteiger partial charge in [0.1, 0.15) is 5.75 Å². The quantitative estimate of drug-likeness (QED) is 0.264. The SMILES string of the molecule is C=CCN1C[C@H](C)N(C(c2cccc(O)c2)c2cccc(C(=O)N3CCCN(Cc4ccccc4C(=O)OC)CC3)c2)C[C@H]1C. The van der Waals surface area contributed by atoms with Crippen LogP contribution in [0, 0.1) is 0 Å².